The molecule has 0 saturated heterocycles. The van der Waals surface area contributed by atoms with E-state index in [1.807, 2.05) is 18.4 Å². The Morgan fingerprint density at radius 1 is 1.05 bits per heavy atom. The molecule has 3 nitrogen and oxygen atoms in total. The van der Waals surface area contributed by atoms with E-state index < -0.39 is 0 Å². The number of hydrogen-bond donors (Lipinski definition) is 0. The summed E-state index contributed by atoms with van der Waals surface area (Å²) in [6.07, 6.45) is 2.03. The van der Waals surface area contributed by atoms with Gasteiger partial charge in [-0.3, -0.25) is 9.59 Å². The molecule has 0 aliphatic heterocycles. The standard InChI is InChI=1S/C18H19NO2S/c1-13(20)15-7-9-16(10-8-15)18(21)19(2)12-14-5-4-6-17(11-14)22-3/h4-11H,12H2,1-3H3. The third-order valence-corrected chi connectivity index (χ3v) is 4.16. The summed E-state index contributed by atoms with van der Waals surface area (Å²) in [6, 6.07) is 14.9. The number of carbonyl (C=O) groups is 2. The van der Waals surface area contributed by atoms with Crippen LogP contribution in [0.2, 0.25) is 0 Å². The van der Waals surface area contributed by atoms with E-state index in [1.54, 1.807) is 48.0 Å². The van der Waals surface area contributed by atoms with Crippen LogP contribution in [0.4, 0.5) is 0 Å². The number of amides is 1. The van der Waals surface area contributed by atoms with Gasteiger partial charge in [-0.15, -0.1) is 11.8 Å². The van der Waals surface area contributed by atoms with Gasteiger partial charge >= 0.3 is 0 Å². The Labute approximate surface area is 135 Å². The highest BCUT2D eigenvalue weighted by Crippen LogP contribution is 2.17. The molecule has 22 heavy (non-hydrogen) atoms. The maximum absolute atomic E-state index is 12.4. The first-order chi connectivity index (χ1) is 10.5. The third kappa shape index (κ3) is 3.98. The van der Waals surface area contributed by atoms with Crippen molar-refractivity contribution in [1.29, 1.82) is 0 Å². The van der Waals surface area contributed by atoms with Crippen LogP contribution in [0.5, 0.6) is 0 Å². The molecule has 0 heterocycles. The number of thioether (sulfide) groups is 1. The van der Waals surface area contributed by atoms with Crippen LogP contribution in [-0.4, -0.2) is 29.9 Å². The van der Waals surface area contributed by atoms with E-state index in [4.69, 9.17) is 0 Å². The lowest BCUT2D eigenvalue weighted by Gasteiger charge is -2.18. The number of benzene rings is 2. The Morgan fingerprint density at radius 2 is 1.68 bits per heavy atom. The number of nitrogens with zero attached hydrogens (tertiary/aromatic N) is 1. The molecule has 0 fully saturated rings. The second-order valence-corrected chi connectivity index (χ2v) is 6.03. The molecule has 2 aromatic rings. The first kappa shape index (κ1) is 16.3. The molecule has 0 bridgehead atoms. The maximum atomic E-state index is 12.4. The molecule has 114 valence electrons. The van der Waals surface area contributed by atoms with E-state index in [0.29, 0.717) is 17.7 Å². The van der Waals surface area contributed by atoms with Gasteiger partial charge in [-0.2, -0.15) is 0 Å². The molecule has 0 aliphatic carbocycles. The van der Waals surface area contributed by atoms with Crippen LogP contribution in [0.1, 0.15) is 33.2 Å². The van der Waals surface area contributed by atoms with Crippen LogP contribution in [-0.2, 0) is 6.54 Å². The quantitative estimate of drug-likeness (QED) is 0.621. The lowest BCUT2D eigenvalue weighted by Crippen LogP contribution is -2.26. The molecule has 2 rings (SSSR count). The molecular formula is C18H19NO2S. The van der Waals surface area contributed by atoms with Crippen molar-refractivity contribution in [2.24, 2.45) is 0 Å². The van der Waals surface area contributed by atoms with Crippen molar-refractivity contribution >= 4 is 23.5 Å². The fourth-order valence-corrected chi connectivity index (χ4v) is 2.67. The maximum Gasteiger partial charge on any atom is 0.253 e. The number of ketones is 1. The minimum Gasteiger partial charge on any atom is -0.337 e. The molecule has 1 amide bonds. The first-order valence-corrected chi connectivity index (χ1v) is 8.23. The normalized spacial score (nSPS) is 10.3. The number of hydrogen-bond acceptors (Lipinski definition) is 3. The molecule has 0 unspecified atom stereocenters. The van der Waals surface area contributed by atoms with Crippen LogP contribution in [0.3, 0.4) is 0 Å². The van der Waals surface area contributed by atoms with Crippen molar-refractivity contribution in [3.63, 3.8) is 0 Å². The monoisotopic (exact) mass is 313 g/mol. The second-order valence-electron chi connectivity index (χ2n) is 5.15. The van der Waals surface area contributed by atoms with Gasteiger partial charge in [0.2, 0.25) is 0 Å². The Kier molecular flexibility index (Phi) is 5.39. The summed E-state index contributed by atoms with van der Waals surface area (Å²) in [5.41, 5.74) is 2.31. The van der Waals surface area contributed by atoms with Gasteiger partial charge in [0.1, 0.15) is 0 Å². The summed E-state index contributed by atoms with van der Waals surface area (Å²) in [5, 5.41) is 0. The van der Waals surface area contributed by atoms with Crippen LogP contribution in [0, 0.1) is 0 Å². The van der Waals surface area contributed by atoms with Gasteiger partial charge in [0.05, 0.1) is 0 Å². The Balaban J connectivity index is 2.09. The zero-order valence-corrected chi connectivity index (χ0v) is 13.8. The van der Waals surface area contributed by atoms with Gasteiger partial charge in [0.25, 0.3) is 5.91 Å². The van der Waals surface area contributed by atoms with Crippen molar-refractivity contribution in [3.8, 4) is 0 Å². The Hall–Kier alpha value is -2.07. The van der Waals surface area contributed by atoms with E-state index in [0.717, 1.165) is 5.56 Å². The Bertz CT molecular complexity index is 680. The molecule has 0 atom stereocenters. The molecule has 0 N–H and O–H groups in total. The van der Waals surface area contributed by atoms with Gasteiger partial charge < -0.3 is 4.90 Å². The average molecular weight is 313 g/mol. The smallest absolute Gasteiger partial charge is 0.253 e. The van der Waals surface area contributed by atoms with E-state index in [-0.39, 0.29) is 11.7 Å². The van der Waals surface area contributed by atoms with E-state index >= 15 is 0 Å². The minimum atomic E-state index is -0.0512. The molecule has 0 aliphatic rings. The number of rotatable bonds is 5. The van der Waals surface area contributed by atoms with Gasteiger partial charge in [0.15, 0.2) is 5.78 Å². The van der Waals surface area contributed by atoms with Gasteiger partial charge in [0, 0.05) is 29.6 Å². The molecular weight excluding hydrogens is 294 g/mol. The highest BCUT2D eigenvalue weighted by molar-refractivity contribution is 7.98. The zero-order valence-electron chi connectivity index (χ0n) is 13.0. The lowest BCUT2D eigenvalue weighted by atomic mass is 10.1. The van der Waals surface area contributed by atoms with Crippen LogP contribution in [0.15, 0.2) is 53.4 Å². The van der Waals surface area contributed by atoms with Crippen LogP contribution >= 0.6 is 11.8 Å². The van der Waals surface area contributed by atoms with E-state index in [9.17, 15) is 9.59 Å². The molecule has 0 aromatic heterocycles. The molecule has 4 heteroatoms. The summed E-state index contributed by atoms with van der Waals surface area (Å²) in [6.45, 7) is 2.07. The molecule has 2 aromatic carbocycles. The minimum absolute atomic E-state index is 0.00114. The highest BCUT2D eigenvalue weighted by atomic mass is 32.2. The summed E-state index contributed by atoms with van der Waals surface area (Å²) < 4.78 is 0. The zero-order chi connectivity index (χ0) is 16.1. The van der Waals surface area contributed by atoms with Crippen molar-refractivity contribution in [1.82, 2.24) is 4.90 Å². The van der Waals surface area contributed by atoms with Crippen molar-refractivity contribution in [2.75, 3.05) is 13.3 Å². The SMILES string of the molecule is CSc1cccc(CN(C)C(=O)c2ccc(C(C)=O)cc2)c1. The van der Waals surface area contributed by atoms with Crippen molar-refractivity contribution in [2.45, 2.75) is 18.4 Å². The summed E-state index contributed by atoms with van der Waals surface area (Å²) in [4.78, 5) is 26.6. The molecule has 0 spiro atoms. The largest absolute Gasteiger partial charge is 0.337 e. The fourth-order valence-electron chi connectivity index (χ4n) is 2.18. The first-order valence-electron chi connectivity index (χ1n) is 7.00. The number of carbonyl (C=O) groups excluding carboxylic acids is 2. The summed E-state index contributed by atoms with van der Waals surface area (Å²) in [7, 11) is 1.78. The Morgan fingerprint density at radius 3 is 2.27 bits per heavy atom. The molecule has 0 saturated carbocycles. The second kappa shape index (κ2) is 7.27. The van der Waals surface area contributed by atoms with E-state index in [1.165, 1.54) is 11.8 Å². The van der Waals surface area contributed by atoms with Gasteiger partial charge in [-0.25, -0.2) is 0 Å². The number of Topliss-reactive ketones (excluding diaryl/α,β-unsaturated/α-hetero) is 1. The summed E-state index contributed by atoms with van der Waals surface area (Å²) in [5.74, 6) is -0.0501. The van der Waals surface area contributed by atoms with E-state index in [2.05, 4.69) is 12.1 Å². The van der Waals surface area contributed by atoms with Crippen molar-refractivity contribution in [3.05, 3.63) is 65.2 Å². The fraction of sp³-hybridized carbons (Fsp3) is 0.222. The van der Waals surface area contributed by atoms with Crippen LogP contribution < -0.4 is 0 Å². The van der Waals surface area contributed by atoms with Crippen LogP contribution in [0.25, 0.3) is 0 Å². The summed E-state index contributed by atoms with van der Waals surface area (Å²) >= 11 is 1.68. The van der Waals surface area contributed by atoms with Crippen molar-refractivity contribution < 1.29 is 9.59 Å². The predicted octanol–water partition coefficient (Wildman–Crippen LogP) is 3.88. The predicted molar refractivity (Wildman–Crippen MR) is 90.5 cm³/mol. The molecule has 0 radical (unpaired) electrons. The van der Waals surface area contributed by atoms with Gasteiger partial charge in [-0.05, 0) is 43.0 Å². The highest BCUT2D eigenvalue weighted by Gasteiger charge is 2.12. The lowest BCUT2D eigenvalue weighted by molar-refractivity contribution is 0.0784. The van der Waals surface area contributed by atoms with Gasteiger partial charge in [-0.1, -0.05) is 24.3 Å². The average Bonchev–Trinajstić information content (AvgIpc) is 2.54. The topological polar surface area (TPSA) is 37.4 Å². The third-order valence-electron chi connectivity index (χ3n) is 3.44.